The average Bonchev–Trinajstić information content (AvgIpc) is 2.08. The molecule has 7 N–H and O–H groups in total. The van der Waals surface area contributed by atoms with Gasteiger partial charge in [-0.15, -0.1) is 0 Å². The summed E-state index contributed by atoms with van der Waals surface area (Å²) in [5.74, 6) is 9.07. The third kappa shape index (κ3) is 9.31. The number of carboxylic acid groups (broad SMARTS) is 1. The highest BCUT2D eigenvalue weighted by Crippen LogP contribution is 1.96. The van der Waals surface area contributed by atoms with Gasteiger partial charge in [-0.25, -0.2) is 5.84 Å². The van der Waals surface area contributed by atoms with Crippen LogP contribution in [-0.4, -0.2) is 23.7 Å². The smallest absolute Gasteiger partial charge is 0.320 e. The highest BCUT2D eigenvalue weighted by molar-refractivity contribution is 5.72. The molecule has 0 spiro atoms. The van der Waals surface area contributed by atoms with E-state index in [2.05, 4.69) is 5.84 Å². The van der Waals surface area contributed by atoms with Crippen molar-refractivity contribution < 1.29 is 9.90 Å². The Labute approximate surface area is 71.9 Å². The molecule has 0 aromatic heterocycles. The fourth-order valence-electron chi connectivity index (χ4n) is 0.632. The van der Waals surface area contributed by atoms with Gasteiger partial charge >= 0.3 is 5.97 Å². The van der Waals surface area contributed by atoms with E-state index in [1.54, 1.807) is 0 Å². The molecule has 0 rings (SSSR count). The van der Waals surface area contributed by atoms with E-state index in [9.17, 15) is 4.79 Å². The number of aliphatic carboxylic acids is 1. The molecule has 0 aliphatic rings. The van der Waals surface area contributed by atoms with Gasteiger partial charge < -0.3 is 16.6 Å². The Hall–Kier alpha value is -0.690. The zero-order chi connectivity index (χ0) is 9.98. The molecular formula is C6H16N4O2. The molecule has 1 unspecified atom stereocenters. The van der Waals surface area contributed by atoms with Crippen molar-refractivity contribution in [3.63, 3.8) is 0 Å². The average molecular weight is 176 g/mol. The first-order chi connectivity index (χ1) is 5.68. The van der Waals surface area contributed by atoms with E-state index in [0.29, 0.717) is 13.0 Å². The first-order valence-corrected chi connectivity index (χ1v) is 3.62. The maximum Gasteiger partial charge on any atom is 0.320 e. The Balaban J connectivity index is 0. The second-order valence-electron chi connectivity index (χ2n) is 2.23. The van der Waals surface area contributed by atoms with Crippen LogP contribution in [0.15, 0.2) is 0 Å². The van der Waals surface area contributed by atoms with Crippen molar-refractivity contribution in [1.29, 1.82) is 0 Å². The number of hydrogen-bond donors (Lipinski definition) is 4. The van der Waals surface area contributed by atoms with Crippen LogP contribution < -0.4 is 23.2 Å². The quantitative estimate of drug-likeness (QED) is 0.228. The predicted molar refractivity (Wildman–Crippen MR) is 44.8 cm³/mol. The molecule has 0 aromatic rings. The summed E-state index contributed by atoms with van der Waals surface area (Å²) in [6, 6.07) is -0.716. The molecule has 0 amide bonds. The van der Waals surface area contributed by atoms with Crippen molar-refractivity contribution in [3.05, 3.63) is 0 Å². The topological polar surface area (TPSA) is 138 Å². The second-order valence-corrected chi connectivity index (χ2v) is 2.23. The third-order valence-electron chi connectivity index (χ3n) is 1.29. The van der Waals surface area contributed by atoms with Gasteiger partial charge in [0.2, 0.25) is 0 Å². The number of rotatable bonds is 5. The lowest BCUT2D eigenvalue weighted by molar-refractivity contribution is -0.138. The zero-order valence-corrected chi connectivity index (χ0v) is 6.94. The van der Waals surface area contributed by atoms with Crippen LogP contribution in [0.1, 0.15) is 19.3 Å². The molecule has 6 nitrogen and oxygen atoms in total. The Bertz CT molecular complexity index is 110. The summed E-state index contributed by atoms with van der Waals surface area (Å²) in [6.45, 7) is 0.604. The van der Waals surface area contributed by atoms with Gasteiger partial charge in [0.25, 0.3) is 0 Å². The van der Waals surface area contributed by atoms with Gasteiger partial charge in [0, 0.05) is 0 Å². The molecule has 0 fully saturated rings. The Morgan fingerprint density at radius 2 is 1.92 bits per heavy atom. The molecule has 0 saturated heterocycles. The second kappa shape index (κ2) is 10.3. The van der Waals surface area contributed by atoms with E-state index < -0.39 is 12.0 Å². The number of nitrogens with zero attached hydrogens (tertiary/aromatic N) is 1. The Kier molecular flexibility index (Phi) is 11.9. The van der Waals surface area contributed by atoms with Crippen LogP contribution in [0.2, 0.25) is 0 Å². The van der Waals surface area contributed by atoms with Gasteiger partial charge in [-0.1, -0.05) is 6.42 Å². The monoisotopic (exact) mass is 176 g/mol. The van der Waals surface area contributed by atoms with Crippen molar-refractivity contribution in [2.24, 2.45) is 17.3 Å². The van der Waals surface area contributed by atoms with Gasteiger partial charge in [-0.05, 0) is 25.2 Å². The van der Waals surface area contributed by atoms with Crippen LogP contribution in [0.5, 0.6) is 0 Å². The van der Waals surface area contributed by atoms with Gasteiger partial charge in [-0.3, -0.25) is 4.79 Å². The van der Waals surface area contributed by atoms with Crippen LogP contribution in [0, 0.1) is 0 Å². The lowest BCUT2D eigenvalue weighted by Gasteiger charge is -2.03. The standard InChI is InChI=1S/C6H14N2O2.H2N2/c7-4-2-1-3-5(8)6(9)10;1-2/h5H,1-4,7-8H2,(H,9,10);1H2. The first-order valence-electron chi connectivity index (χ1n) is 3.62. The minimum Gasteiger partial charge on any atom is -0.480 e. The Morgan fingerprint density at radius 1 is 1.42 bits per heavy atom. The molecule has 0 heterocycles. The van der Waals surface area contributed by atoms with Gasteiger partial charge in [0.1, 0.15) is 6.04 Å². The van der Waals surface area contributed by atoms with Crippen molar-refractivity contribution >= 4 is 5.97 Å². The fraction of sp³-hybridized carbons (Fsp3) is 0.833. The maximum atomic E-state index is 10.1. The van der Waals surface area contributed by atoms with Crippen LogP contribution in [0.3, 0.4) is 0 Å². The molecule has 12 heavy (non-hydrogen) atoms. The fourth-order valence-corrected chi connectivity index (χ4v) is 0.632. The van der Waals surface area contributed by atoms with Crippen molar-refractivity contribution in [2.45, 2.75) is 25.3 Å². The molecule has 72 valence electrons. The van der Waals surface area contributed by atoms with Crippen LogP contribution >= 0.6 is 0 Å². The first kappa shape index (κ1) is 13.9. The van der Waals surface area contributed by atoms with E-state index in [-0.39, 0.29) is 0 Å². The van der Waals surface area contributed by atoms with E-state index in [0.717, 1.165) is 12.8 Å². The highest BCUT2D eigenvalue weighted by atomic mass is 16.4. The highest BCUT2D eigenvalue weighted by Gasteiger charge is 2.09. The summed E-state index contributed by atoms with van der Waals surface area (Å²) < 4.78 is 0. The normalized spacial score (nSPS) is 11.3. The van der Waals surface area contributed by atoms with E-state index in [4.69, 9.17) is 22.4 Å². The van der Waals surface area contributed by atoms with E-state index in [1.165, 1.54) is 0 Å². The summed E-state index contributed by atoms with van der Waals surface area (Å²) in [5.41, 5.74) is 10.4. The molecule has 6 heteroatoms. The molecule has 0 aliphatic carbocycles. The number of carbonyl (C=O) groups is 1. The largest absolute Gasteiger partial charge is 0.480 e. The summed E-state index contributed by atoms with van der Waals surface area (Å²) in [6.07, 6.45) is 2.16. The number of hydrogen-bond acceptors (Lipinski definition) is 4. The molecule has 0 aromatic carbocycles. The van der Waals surface area contributed by atoms with Gasteiger partial charge in [0.05, 0.1) is 0 Å². The minimum absolute atomic E-state index is 0.520. The van der Waals surface area contributed by atoms with Crippen molar-refractivity contribution in [3.8, 4) is 0 Å². The molecule has 0 aliphatic heterocycles. The molecule has 1 atom stereocenters. The van der Waals surface area contributed by atoms with Gasteiger partial charge in [0.15, 0.2) is 0 Å². The van der Waals surface area contributed by atoms with Crippen molar-refractivity contribution in [2.75, 3.05) is 6.54 Å². The van der Waals surface area contributed by atoms with Gasteiger partial charge in [-0.2, -0.15) is 0 Å². The van der Waals surface area contributed by atoms with Crippen LogP contribution in [-0.2, 0) is 4.79 Å². The Morgan fingerprint density at radius 3 is 2.25 bits per heavy atom. The number of nitrogens with two attached hydrogens (primary N) is 3. The maximum absolute atomic E-state index is 10.1. The predicted octanol–water partition coefficient (Wildman–Crippen LogP) is -1.54. The third-order valence-corrected chi connectivity index (χ3v) is 1.29. The summed E-state index contributed by atoms with van der Waals surface area (Å²) >= 11 is 0. The lowest BCUT2D eigenvalue weighted by Crippen LogP contribution is -2.29. The molecule has 2 radical (unpaired) electrons. The van der Waals surface area contributed by atoms with Crippen molar-refractivity contribution in [1.82, 2.24) is 5.84 Å². The molecule has 0 bridgehead atoms. The number of carboxylic acids is 1. The molecular weight excluding hydrogens is 160 g/mol. The minimum atomic E-state index is -0.933. The summed E-state index contributed by atoms with van der Waals surface area (Å²) in [7, 11) is 0. The lowest BCUT2D eigenvalue weighted by atomic mass is 10.1. The zero-order valence-electron chi connectivity index (χ0n) is 6.94. The van der Waals surface area contributed by atoms with E-state index in [1.807, 2.05) is 0 Å². The molecule has 0 saturated carbocycles. The summed E-state index contributed by atoms with van der Waals surface area (Å²) in [4.78, 5) is 10.1. The summed E-state index contributed by atoms with van der Waals surface area (Å²) in [5, 5.41) is 8.33. The SMILES string of the molecule is NCCCCC(N)C(=O)O.[N]N. The van der Waals surface area contributed by atoms with Crippen LogP contribution in [0.25, 0.3) is 0 Å². The number of unbranched alkanes of at least 4 members (excludes halogenated alkanes) is 1. The van der Waals surface area contributed by atoms with Crippen LogP contribution in [0.4, 0.5) is 0 Å². The van der Waals surface area contributed by atoms with E-state index >= 15 is 0 Å².